The van der Waals surface area contributed by atoms with Gasteiger partial charge in [-0.15, -0.1) is 0 Å². The highest BCUT2D eigenvalue weighted by molar-refractivity contribution is 6.07. The molecule has 0 atom stereocenters. The fraction of sp³-hybridized carbons (Fsp3) is 0.250. The molecule has 2 heterocycles. The first-order chi connectivity index (χ1) is 8.70. The Morgan fingerprint density at radius 3 is 2.94 bits per heavy atom. The van der Waals surface area contributed by atoms with Crippen LogP contribution in [0.15, 0.2) is 30.7 Å². The summed E-state index contributed by atoms with van der Waals surface area (Å²) >= 11 is 0. The zero-order valence-corrected chi connectivity index (χ0v) is 10.3. The molecule has 6 nitrogen and oxygen atoms in total. The van der Waals surface area contributed by atoms with Crippen molar-refractivity contribution in [2.45, 2.75) is 6.92 Å². The predicted octanol–water partition coefficient (Wildman–Crippen LogP) is 1.50. The van der Waals surface area contributed by atoms with Crippen molar-refractivity contribution in [3.63, 3.8) is 0 Å². The Kier molecular flexibility index (Phi) is 3.57. The molecule has 0 spiro atoms. The second-order valence-electron chi connectivity index (χ2n) is 3.78. The lowest BCUT2D eigenvalue weighted by Crippen LogP contribution is -2.15. The number of hydrogen-bond donors (Lipinski definition) is 2. The van der Waals surface area contributed by atoms with Crippen molar-refractivity contribution in [1.29, 1.82) is 0 Å². The van der Waals surface area contributed by atoms with Gasteiger partial charge in [-0.1, -0.05) is 0 Å². The zero-order valence-electron chi connectivity index (χ0n) is 10.3. The summed E-state index contributed by atoms with van der Waals surface area (Å²) in [7, 11) is 1.80. The van der Waals surface area contributed by atoms with Crippen LogP contribution in [0.2, 0.25) is 0 Å². The molecule has 1 amide bonds. The van der Waals surface area contributed by atoms with E-state index in [0.717, 1.165) is 6.54 Å². The number of pyridine rings is 1. The highest BCUT2D eigenvalue weighted by atomic mass is 16.1. The minimum atomic E-state index is -0.202. The first-order valence-electron chi connectivity index (χ1n) is 5.69. The highest BCUT2D eigenvalue weighted by Crippen LogP contribution is 2.15. The number of amides is 1. The molecule has 0 saturated heterocycles. The Bertz CT molecular complexity index is 549. The van der Waals surface area contributed by atoms with Gasteiger partial charge in [0.2, 0.25) is 0 Å². The quantitative estimate of drug-likeness (QED) is 0.856. The van der Waals surface area contributed by atoms with Crippen molar-refractivity contribution in [2.24, 2.45) is 7.05 Å². The van der Waals surface area contributed by atoms with Gasteiger partial charge in [-0.2, -0.15) is 5.10 Å². The highest BCUT2D eigenvalue weighted by Gasteiger charge is 2.12. The molecule has 0 aliphatic rings. The third-order valence-electron chi connectivity index (χ3n) is 2.39. The van der Waals surface area contributed by atoms with Gasteiger partial charge in [0.1, 0.15) is 0 Å². The number of hydrogen-bond acceptors (Lipinski definition) is 4. The molecule has 2 aromatic rings. The summed E-state index contributed by atoms with van der Waals surface area (Å²) < 4.78 is 1.63. The van der Waals surface area contributed by atoms with Gasteiger partial charge < -0.3 is 10.6 Å². The fourth-order valence-corrected chi connectivity index (χ4v) is 1.59. The third kappa shape index (κ3) is 2.65. The SMILES string of the molecule is CCNc1cnccc1C(=O)Nc1ccn(C)n1. The normalized spacial score (nSPS) is 10.1. The maximum atomic E-state index is 12.1. The average Bonchev–Trinajstić information content (AvgIpc) is 2.76. The summed E-state index contributed by atoms with van der Waals surface area (Å²) in [6, 6.07) is 3.42. The van der Waals surface area contributed by atoms with E-state index < -0.39 is 0 Å². The van der Waals surface area contributed by atoms with Crippen molar-refractivity contribution in [3.05, 3.63) is 36.3 Å². The lowest BCUT2D eigenvalue weighted by atomic mass is 10.2. The van der Waals surface area contributed by atoms with Crippen molar-refractivity contribution in [2.75, 3.05) is 17.2 Å². The van der Waals surface area contributed by atoms with Crippen LogP contribution in [0.3, 0.4) is 0 Å². The molecular weight excluding hydrogens is 230 g/mol. The number of nitrogens with zero attached hydrogens (tertiary/aromatic N) is 3. The Morgan fingerprint density at radius 1 is 1.44 bits per heavy atom. The Labute approximate surface area is 105 Å². The van der Waals surface area contributed by atoms with Crippen LogP contribution < -0.4 is 10.6 Å². The van der Waals surface area contributed by atoms with E-state index in [9.17, 15) is 4.79 Å². The van der Waals surface area contributed by atoms with Crippen molar-refractivity contribution in [1.82, 2.24) is 14.8 Å². The van der Waals surface area contributed by atoms with Crippen LogP contribution in [0, 0.1) is 0 Å². The first-order valence-corrected chi connectivity index (χ1v) is 5.69. The Balaban J connectivity index is 2.18. The van der Waals surface area contributed by atoms with E-state index in [-0.39, 0.29) is 5.91 Å². The van der Waals surface area contributed by atoms with E-state index in [2.05, 4.69) is 20.7 Å². The third-order valence-corrected chi connectivity index (χ3v) is 2.39. The van der Waals surface area contributed by atoms with Gasteiger partial charge in [-0.3, -0.25) is 14.5 Å². The Morgan fingerprint density at radius 2 is 2.28 bits per heavy atom. The molecule has 0 unspecified atom stereocenters. The molecule has 6 heteroatoms. The van der Waals surface area contributed by atoms with Gasteiger partial charge >= 0.3 is 0 Å². The van der Waals surface area contributed by atoms with Gasteiger partial charge in [-0.25, -0.2) is 0 Å². The molecule has 0 bridgehead atoms. The summed E-state index contributed by atoms with van der Waals surface area (Å²) in [6.45, 7) is 2.70. The molecule has 0 aromatic carbocycles. The number of carbonyl (C=O) groups excluding carboxylic acids is 1. The molecule has 0 fully saturated rings. The standard InChI is InChI=1S/C12H15N5O/c1-3-14-10-8-13-6-4-9(10)12(18)15-11-5-7-17(2)16-11/h4-8,14H,3H2,1-2H3,(H,15,16,18). The maximum Gasteiger partial charge on any atom is 0.259 e. The van der Waals surface area contributed by atoms with Crippen LogP contribution in [0.1, 0.15) is 17.3 Å². The molecule has 2 rings (SSSR count). The van der Waals surface area contributed by atoms with Crippen LogP contribution in [0.5, 0.6) is 0 Å². The van der Waals surface area contributed by atoms with Gasteiger partial charge in [0.25, 0.3) is 5.91 Å². The second kappa shape index (κ2) is 5.31. The van der Waals surface area contributed by atoms with E-state index in [4.69, 9.17) is 0 Å². The van der Waals surface area contributed by atoms with Crippen LogP contribution in [0.25, 0.3) is 0 Å². The maximum absolute atomic E-state index is 12.1. The fourth-order valence-electron chi connectivity index (χ4n) is 1.59. The topological polar surface area (TPSA) is 71.8 Å². The predicted molar refractivity (Wildman–Crippen MR) is 69.6 cm³/mol. The molecule has 18 heavy (non-hydrogen) atoms. The van der Waals surface area contributed by atoms with Crippen LogP contribution in [-0.4, -0.2) is 27.2 Å². The number of aromatic nitrogens is 3. The van der Waals surface area contributed by atoms with Crippen LogP contribution in [0.4, 0.5) is 11.5 Å². The van der Waals surface area contributed by atoms with Gasteiger partial charge in [-0.05, 0) is 13.0 Å². The minimum Gasteiger partial charge on any atom is -0.383 e. The number of nitrogens with one attached hydrogen (secondary N) is 2. The lowest BCUT2D eigenvalue weighted by molar-refractivity contribution is 0.102. The van der Waals surface area contributed by atoms with Gasteiger partial charge in [0.05, 0.1) is 17.4 Å². The second-order valence-corrected chi connectivity index (χ2v) is 3.78. The minimum absolute atomic E-state index is 0.202. The van der Waals surface area contributed by atoms with E-state index in [1.165, 1.54) is 0 Å². The number of carbonyl (C=O) groups is 1. The van der Waals surface area contributed by atoms with Crippen LogP contribution >= 0.6 is 0 Å². The molecule has 2 aromatic heterocycles. The Hall–Kier alpha value is -2.37. The molecule has 2 N–H and O–H groups in total. The number of anilines is 2. The molecule has 94 valence electrons. The van der Waals surface area contributed by atoms with Crippen molar-refractivity contribution in [3.8, 4) is 0 Å². The van der Waals surface area contributed by atoms with E-state index >= 15 is 0 Å². The molecular formula is C12H15N5O. The van der Waals surface area contributed by atoms with E-state index in [1.807, 2.05) is 6.92 Å². The van der Waals surface area contributed by atoms with Crippen LogP contribution in [-0.2, 0) is 7.05 Å². The molecule has 0 aliphatic carbocycles. The van der Waals surface area contributed by atoms with Crippen molar-refractivity contribution < 1.29 is 4.79 Å². The summed E-state index contributed by atoms with van der Waals surface area (Å²) in [5.74, 6) is 0.328. The van der Waals surface area contributed by atoms with E-state index in [1.54, 1.807) is 42.5 Å². The summed E-state index contributed by atoms with van der Waals surface area (Å²) in [5, 5.41) is 9.94. The van der Waals surface area contributed by atoms with Gasteiger partial charge in [0, 0.05) is 32.1 Å². The smallest absolute Gasteiger partial charge is 0.259 e. The summed E-state index contributed by atoms with van der Waals surface area (Å²) in [5.41, 5.74) is 1.27. The number of rotatable bonds is 4. The summed E-state index contributed by atoms with van der Waals surface area (Å²) in [4.78, 5) is 16.1. The molecule has 0 aliphatic heterocycles. The monoisotopic (exact) mass is 245 g/mol. The number of aryl methyl sites for hydroxylation is 1. The van der Waals surface area contributed by atoms with Crippen molar-refractivity contribution >= 4 is 17.4 Å². The molecule has 0 saturated carbocycles. The average molecular weight is 245 g/mol. The zero-order chi connectivity index (χ0) is 13.0. The first kappa shape index (κ1) is 12.1. The summed E-state index contributed by atoms with van der Waals surface area (Å²) in [6.07, 6.45) is 5.00. The largest absolute Gasteiger partial charge is 0.383 e. The van der Waals surface area contributed by atoms with E-state index in [0.29, 0.717) is 17.1 Å². The molecule has 0 radical (unpaired) electrons. The van der Waals surface area contributed by atoms with Gasteiger partial charge in [0.15, 0.2) is 5.82 Å². The lowest BCUT2D eigenvalue weighted by Gasteiger charge is -2.09.